The van der Waals surface area contributed by atoms with Gasteiger partial charge in [-0.1, -0.05) is 64.0 Å². The van der Waals surface area contributed by atoms with Crippen LogP contribution in [-0.4, -0.2) is 21.0 Å². The predicted octanol–water partition coefficient (Wildman–Crippen LogP) is 5.95. The Hall–Kier alpha value is -1.91. The molecule has 3 aromatic rings. The highest BCUT2D eigenvalue weighted by Gasteiger charge is 2.18. The van der Waals surface area contributed by atoms with Gasteiger partial charge in [0, 0.05) is 27.9 Å². The topological polar surface area (TPSA) is 98.0 Å². The highest BCUT2D eigenvalue weighted by Crippen LogP contribution is 2.34. The number of nitrogens with one attached hydrogen (secondary N) is 1. The van der Waals surface area contributed by atoms with Gasteiger partial charge in [0.15, 0.2) is 4.34 Å². The Morgan fingerprint density at radius 2 is 1.86 bits per heavy atom. The molecule has 0 saturated carbocycles. The van der Waals surface area contributed by atoms with Crippen molar-refractivity contribution in [1.29, 1.82) is 0 Å². The number of halogens is 3. The van der Waals surface area contributed by atoms with Crippen LogP contribution in [0.4, 0.5) is 10.8 Å². The van der Waals surface area contributed by atoms with E-state index in [1.165, 1.54) is 23.9 Å². The molecule has 0 radical (unpaired) electrons. The van der Waals surface area contributed by atoms with E-state index in [-0.39, 0.29) is 21.4 Å². The first kappa shape index (κ1) is 20.8. The van der Waals surface area contributed by atoms with Crippen molar-refractivity contribution >= 4 is 74.6 Å². The lowest BCUT2D eigenvalue weighted by atomic mass is 10.2. The fourth-order valence-electron chi connectivity index (χ4n) is 2.09. The molecule has 0 atom stereocenters. The molecule has 2 aromatic carbocycles. The number of benzene rings is 2. The molecule has 1 heterocycles. The molecule has 0 bridgehead atoms. The molecule has 0 aliphatic carbocycles. The smallest absolute Gasteiger partial charge is 0.270 e. The molecule has 1 amide bonds. The first-order chi connectivity index (χ1) is 13.3. The van der Waals surface area contributed by atoms with E-state index in [2.05, 4.69) is 15.5 Å². The van der Waals surface area contributed by atoms with Gasteiger partial charge in [0.1, 0.15) is 0 Å². The lowest BCUT2D eigenvalue weighted by molar-refractivity contribution is -0.384. The minimum atomic E-state index is -0.615. The lowest BCUT2D eigenvalue weighted by Gasteiger charge is -2.04. The van der Waals surface area contributed by atoms with E-state index in [0.717, 1.165) is 23.0 Å². The molecule has 3 rings (SSSR count). The summed E-state index contributed by atoms with van der Waals surface area (Å²) >= 11 is 20.8. The van der Waals surface area contributed by atoms with Crippen LogP contribution in [0.25, 0.3) is 0 Å². The third kappa shape index (κ3) is 4.92. The molecule has 0 aliphatic rings. The number of aromatic nitrogens is 2. The molecular formula is C16H9Cl3N4O3S2. The van der Waals surface area contributed by atoms with Crippen LogP contribution in [0, 0.1) is 10.1 Å². The van der Waals surface area contributed by atoms with Gasteiger partial charge in [-0.25, -0.2) is 0 Å². The summed E-state index contributed by atoms with van der Waals surface area (Å²) in [6.07, 6.45) is 0. The van der Waals surface area contributed by atoms with Gasteiger partial charge in [0.25, 0.3) is 11.6 Å². The summed E-state index contributed by atoms with van der Waals surface area (Å²) in [6, 6.07) is 8.88. The van der Waals surface area contributed by atoms with Gasteiger partial charge in [-0.05, 0) is 23.8 Å². The molecule has 0 spiro atoms. The van der Waals surface area contributed by atoms with Crippen LogP contribution >= 0.6 is 57.9 Å². The Morgan fingerprint density at radius 3 is 2.54 bits per heavy atom. The van der Waals surface area contributed by atoms with Crippen molar-refractivity contribution in [2.45, 2.75) is 10.1 Å². The largest absolute Gasteiger partial charge is 0.296 e. The van der Waals surface area contributed by atoms with Crippen LogP contribution in [0.2, 0.25) is 15.1 Å². The van der Waals surface area contributed by atoms with E-state index < -0.39 is 10.8 Å². The van der Waals surface area contributed by atoms with E-state index in [4.69, 9.17) is 34.8 Å². The van der Waals surface area contributed by atoms with Crippen LogP contribution < -0.4 is 5.32 Å². The van der Waals surface area contributed by atoms with Crippen molar-refractivity contribution in [3.63, 3.8) is 0 Å². The Labute approximate surface area is 182 Å². The normalized spacial score (nSPS) is 10.7. The van der Waals surface area contributed by atoms with Gasteiger partial charge in [-0.2, -0.15) is 0 Å². The van der Waals surface area contributed by atoms with Gasteiger partial charge < -0.3 is 0 Å². The van der Waals surface area contributed by atoms with E-state index >= 15 is 0 Å². The maximum absolute atomic E-state index is 12.4. The van der Waals surface area contributed by atoms with Crippen molar-refractivity contribution in [1.82, 2.24) is 10.2 Å². The molecule has 28 heavy (non-hydrogen) atoms. The quantitative estimate of drug-likeness (QED) is 0.205. The number of thioether (sulfide) groups is 1. The van der Waals surface area contributed by atoms with Crippen molar-refractivity contribution in [3.8, 4) is 0 Å². The zero-order valence-electron chi connectivity index (χ0n) is 13.7. The number of hydrogen-bond acceptors (Lipinski definition) is 7. The minimum absolute atomic E-state index is 0.0249. The summed E-state index contributed by atoms with van der Waals surface area (Å²) in [5, 5.41) is 22.7. The second-order valence-electron chi connectivity index (χ2n) is 5.24. The number of carbonyl (C=O) groups is 1. The van der Waals surface area contributed by atoms with Crippen LogP contribution in [-0.2, 0) is 5.75 Å². The van der Waals surface area contributed by atoms with Gasteiger partial charge in [0.2, 0.25) is 5.13 Å². The van der Waals surface area contributed by atoms with Gasteiger partial charge >= 0.3 is 0 Å². The molecule has 1 N–H and O–H groups in total. The number of nitro groups is 1. The number of amides is 1. The van der Waals surface area contributed by atoms with Crippen molar-refractivity contribution < 1.29 is 9.72 Å². The average molecular weight is 476 g/mol. The lowest BCUT2D eigenvalue weighted by Crippen LogP contribution is -2.12. The molecule has 1 aromatic heterocycles. The molecular weight excluding hydrogens is 467 g/mol. The molecule has 12 heteroatoms. The zero-order chi connectivity index (χ0) is 20.3. The molecule has 0 unspecified atom stereocenters. The Morgan fingerprint density at radius 1 is 1.14 bits per heavy atom. The van der Waals surface area contributed by atoms with E-state index in [1.54, 1.807) is 18.2 Å². The highest BCUT2D eigenvalue weighted by molar-refractivity contribution is 8.00. The van der Waals surface area contributed by atoms with E-state index in [0.29, 0.717) is 20.1 Å². The number of nitrogens with zero attached hydrogens (tertiary/aromatic N) is 3. The average Bonchev–Trinajstić information content (AvgIpc) is 3.08. The molecule has 0 saturated heterocycles. The van der Waals surface area contributed by atoms with Crippen LogP contribution in [0.3, 0.4) is 0 Å². The highest BCUT2D eigenvalue weighted by atomic mass is 35.5. The summed E-state index contributed by atoms with van der Waals surface area (Å²) in [5.74, 6) is -0.131. The van der Waals surface area contributed by atoms with E-state index in [9.17, 15) is 14.9 Å². The van der Waals surface area contributed by atoms with Gasteiger partial charge in [-0.3, -0.25) is 20.2 Å². The number of hydrogen-bond donors (Lipinski definition) is 1. The maximum atomic E-state index is 12.4. The second kappa shape index (κ2) is 9.06. The van der Waals surface area contributed by atoms with Crippen LogP contribution in [0.1, 0.15) is 15.9 Å². The summed E-state index contributed by atoms with van der Waals surface area (Å²) in [6.45, 7) is 0. The molecule has 0 aliphatic heterocycles. The Kier molecular flexibility index (Phi) is 6.73. The first-order valence-electron chi connectivity index (χ1n) is 7.49. The number of nitro benzene ring substituents is 1. The fourth-order valence-corrected chi connectivity index (χ4v) is 4.78. The fraction of sp³-hybridized carbons (Fsp3) is 0.0625. The third-order valence-corrected chi connectivity index (χ3v) is 6.47. The summed E-state index contributed by atoms with van der Waals surface area (Å²) < 4.78 is 0.594. The number of anilines is 1. The zero-order valence-corrected chi connectivity index (χ0v) is 17.6. The molecule has 7 nitrogen and oxygen atoms in total. The first-order valence-corrected chi connectivity index (χ1v) is 10.4. The second-order valence-corrected chi connectivity index (χ2v) is 8.66. The Bertz CT molecular complexity index is 1040. The van der Waals surface area contributed by atoms with Crippen LogP contribution in [0.15, 0.2) is 40.7 Å². The van der Waals surface area contributed by atoms with Gasteiger partial charge in [0.05, 0.1) is 15.5 Å². The Balaban J connectivity index is 1.69. The maximum Gasteiger partial charge on any atom is 0.270 e. The van der Waals surface area contributed by atoms with Crippen molar-refractivity contribution in [2.24, 2.45) is 0 Å². The number of carbonyl (C=O) groups excluding carboxylic acids is 1. The standard InChI is InChI=1S/C16H9Cl3N4O3S2/c17-11-2-1-3-12(18)10(11)7-27-16-22-21-15(28-16)20-14(24)9-6-8(23(25)26)4-5-13(9)19/h1-6H,7H2,(H,20,21,24). The number of rotatable bonds is 6. The monoisotopic (exact) mass is 474 g/mol. The third-order valence-electron chi connectivity index (χ3n) is 3.43. The molecule has 144 valence electrons. The van der Waals surface area contributed by atoms with Crippen molar-refractivity contribution in [3.05, 3.63) is 72.7 Å². The summed E-state index contributed by atoms with van der Waals surface area (Å²) in [4.78, 5) is 22.6. The van der Waals surface area contributed by atoms with Crippen LogP contribution in [0.5, 0.6) is 0 Å². The summed E-state index contributed by atoms with van der Waals surface area (Å²) in [5.41, 5.74) is 0.516. The number of non-ortho nitro benzene ring substituents is 1. The minimum Gasteiger partial charge on any atom is -0.296 e. The molecule has 0 fully saturated rings. The predicted molar refractivity (Wildman–Crippen MR) is 112 cm³/mol. The van der Waals surface area contributed by atoms with Gasteiger partial charge in [-0.15, -0.1) is 10.2 Å². The van der Waals surface area contributed by atoms with E-state index in [1.807, 2.05) is 0 Å². The summed E-state index contributed by atoms with van der Waals surface area (Å²) in [7, 11) is 0. The SMILES string of the molecule is O=C(Nc1nnc(SCc2c(Cl)cccc2Cl)s1)c1cc([N+](=O)[O-])ccc1Cl. The van der Waals surface area contributed by atoms with Crippen molar-refractivity contribution in [2.75, 3.05) is 5.32 Å².